The lowest BCUT2D eigenvalue weighted by atomic mass is 10.2. The second kappa shape index (κ2) is 5.97. The van der Waals surface area contributed by atoms with Crippen molar-refractivity contribution in [1.29, 1.82) is 0 Å². The molecule has 2 aromatic heterocycles. The van der Waals surface area contributed by atoms with Crippen LogP contribution in [-0.2, 0) is 5.75 Å². The molecule has 0 radical (unpaired) electrons. The summed E-state index contributed by atoms with van der Waals surface area (Å²) < 4.78 is 5.25. The van der Waals surface area contributed by atoms with Gasteiger partial charge in [0.15, 0.2) is 5.82 Å². The fourth-order valence-electron chi connectivity index (χ4n) is 1.81. The van der Waals surface area contributed by atoms with Crippen molar-refractivity contribution in [2.24, 2.45) is 0 Å². The monoisotopic (exact) mass is 298 g/mol. The fourth-order valence-corrected chi connectivity index (χ4v) is 2.67. The minimum absolute atomic E-state index is 0.461. The summed E-state index contributed by atoms with van der Waals surface area (Å²) in [5.74, 6) is 2.25. The van der Waals surface area contributed by atoms with E-state index in [-0.39, 0.29) is 0 Å². The Bertz CT molecular complexity index is 739. The maximum absolute atomic E-state index is 5.55. The maximum Gasteiger partial charge on any atom is 0.259 e. The predicted molar refractivity (Wildman–Crippen MR) is 82.7 cm³/mol. The van der Waals surface area contributed by atoms with Crippen LogP contribution in [0.4, 0.5) is 5.82 Å². The van der Waals surface area contributed by atoms with Crippen molar-refractivity contribution in [2.75, 3.05) is 5.73 Å². The highest BCUT2D eigenvalue weighted by atomic mass is 32.2. The van der Waals surface area contributed by atoms with Crippen LogP contribution in [0.25, 0.3) is 11.5 Å². The molecular formula is C15H14N4OS. The van der Waals surface area contributed by atoms with Crippen molar-refractivity contribution in [2.45, 2.75) is 17.6 Å². The van der Waals surface area contributed by atoms with Crippen LogP contribution in [0.1, 0.15) is 11.4 Å². The Labute approximate surface area is 126 Å². The van der Waals surface area contributed by atoms with Gasteiger partial charge in [0.25, 0.3) is 5.89 Å². The number of anilines is 1. The Morgan fingerprint density at radius 3 is 2.90 bits per heavy atom. The van der Waals surface area contributed by atoms with Crippen molar-refractivity contribution in [3.05, 3.63) is 54.0 Å². The molecule has 0 unspecified atom stereocenters. The van der Waals surface area contributed by atoms with Crippen LogP contribution in [0.3, 0.4) is 0 Å². The topological polar surface area (TPSA) is 77.8 Å². The molecule has 0 aliphatic rings. The minimum atomic E-state index is 0.461. The second-order valence-electron chi connectivity index (χ2n) is 4.59. The number of rotatable bonds is 4. The highest BCUT2D eigenvalue weighted by Gasteiger charge is 2.09. The van der Waals surface area contributed by atoms with E-state index in [2.05, 4.69) is 40.2 Å². The summed E-state index contributed by atoms with van der Waals surface area (Å²) in [6.45, 7) is 2.07. The van der Waals surface area contributed by atoms with E-state index < -0.39 is 0 Å². The number of nitrogens with two attached hydrogens (primary N) is 1. The quantitative estimate of drug-likeness (QED) is 0.744. The van der Waals surface area contributed by atoms with Crippen LogP contribution >= 0.6 is 11.8 Å². The molecule has 0 amide bonds. The van der Waals surface area contributed by atoms with Crippen LogP contribution in [0.5, 0.6) is 0 Å². The zero-order valence-corrected chi connectivity index (χ0v) is 12.3. The van der Waals surface area contributed by atoms with Gasteiger partial charge in [0.1, 0.15) is 5.82 Å². The number of hydrogen-bond donors (Lipinski definition) is 1. The number of nitrogens with zero attached hydrogens (tertiary/aromatic N) is 3. The van der Waals surface area contributed by atoms with Crippen LogP contribution < -0.4 is 5.73 Å². The molecule has 0 saturated heterocycles. The predicted octanol–water partition coefficient (Wildman–Crippen LogP) is 3.31. The van der Waals surface area contributed by atoms with E-state index in [1.807, 2.05) is 12.1 Å². The summed E-state index contributed by atoms with van der Waals surface area (Å²) >= 11 is 1.68. The van der Waals surface area contributed by atoms with Crippen LogP contribution in [0.15, 0.2) is 52.0 Å². The van der Waals surface area contributed by atoms with Crippen molar-refractivity contribution in [1.82, 2.24) is 15.1 Å². The molecule has 106 valence electrons. The molecule has 6 heteroatoms. The first-order valence-electron chi connectivity index (χ1n) is 6.45. The number of nitrogen functional groups attached to an aromatic ring is 1. The molecule has 3 rings (SSSR count). The standard InChI is InChI=1S/C15H14N4OS/c1-10-3-2-4-12(7-10)21-9-14-18-15(20-19-14)11-5-6-13(16)17-8-11/h2-8H,9H2,1H3,(H2,16,17). The molecule has 0 fully saturated rings. The lowest BCUT2D eigenvalue weighted by Crippen LogP contribution is -1.89. The highest BCUT2D eigenvalue weighted by molar-refractivity contribution is 7.98. The molecule has 5 nitrogen and oxygen atoms in total. The molecule has 0 aliphatic heterocycles. The zero-order valence-electron chi connectivity index (χ0n) is 11.5. The van der Waals surface area contributed by atoms with Gasteiger partial charge in [-0.05, 0) is 31.2 Å². The van der Waals surface area contributed by atoms with E-state index in [4.69, 9.17) is 10.3 Å². The van der Waals surface area contributed by atoms with E-state index in [1.165, 1.54) is 10.5 Å². The Kier molecular flexibility index (Phi) is 3.87. The van der Waals surface area contributed by atoms with Gasteiger partial charge in [-0.15, -0.1) is 11.8 Å². The van der Waals surface area contributed by atoms with E-state index >= 15 is 0 Å². The van der Waals surface area contributed by atoms with Gasteiger partial charge in [0.2, 0.25) is 0 Å². The number of pyridine rings is 1. The van der Waals surface area contributed by atoms with Gasteiger partial charge in [-0.2, -0.15) is 4.98 Å². The highest BCUT2D eigenvalue weighted by Crippen LogP contribution is 2.24. The van der Waals surface area contributed by atoms with Gasteiger partial charge in [-0.1, -0.05) is 22.9 Å². The Hall–Kier alpha value is -2.34. The normalized spacial score (nSPS) is 10.7. The van der Waals surface area contributed by atoms with E-state index in [1.54, 1.807) is 24.0 Å². The van der Waals surface area contributed by atoms with Crippen molar-refractivity contribution >= 4 is 17.6 Å². The van der Waals surface area contributed by atoms with E-state index in [0.29, 0.717) is 23.3 Å². The third kappa shape index (κ3) is 3.41. The average Bonchev–Trinajstić information content (AvgIpc) is 2.95. The summed E-state index contributed by atoms with van der Waals surface area (Å²) in [5.41, 5.74) is 7.56. The number of hydrogen-bond acceptors (Lipinski definition) is 6. The largest absolute Gasteiger partial charge is 0.384 e. The van der Waals surface area contributed by atoms with Gasteiger partial charge in [-0.3, -0.25) is 0 Å². The van der Waals surface area contributed by atoms with Crippen LogP contribution in [-0.4, -0.2) is 15.1 Å². The van der Waals surface area contributed by atoms with Crippen molar-refractivity contribution in [3.8, 4) is 11.5 Å². The van der Waals surface area contributed by atoms with Gasteiger partial charge in [0, 0.05) is 11.1 Å². The molecule has 1 aromatic carbocycles. The molecule has 0 aliphatic carbocycles. The second-order valence-corrected chi connectivity index (χ2v) is 5.64. The first-order valence-corrected chi connectivity index (χ1v) is 7.43. The van der Waals surface area contributed by atoms with E-state index in [9.17, 15) is 0 Å². The van der Waals surface area contributed by atoms with Crippen LogP contribution in [0.2, 0.25) is 0 Å². The minimum Gasteiger partial charge on any atom is -0.384 e. The zero-order chi connectivity index (χ0) is 14.7. The lowest BCUT2D eigenvalue weighted by molar-refractivity contribution is 0.425. The first kappa shape index (κ1) is 13.6. The van der Waals surface area contributed by atoms with Gasteiger partial charge in [-0.25, -0.2) is 4.98 Å². The molecule has 2 N–H and O–H groups in total. The first-order chi connectivity index (χ1) is 10.2. The molecular weight excluding hydrogens is 284 g/mol. The summed E-state index contributed by atoms with van der Waals surface area (Å²) in [5, 5.41) is 3.99. The summed E-state index contributed by atoms with van der Waals surface area (Å²) in [6.07, 6.45) is 1.63. The Morgan fingerprint density at radius 1 is 1.24 bits per heavy atom. The van der Waals surface area contributed by atoms with Crippen molar-refractivity contribution < 1.29 is 4.52 Å². The molecule has 0 bridgehead atoms. The molecule has 3 aromatic rings. The smallest absolute Gasteiger partial charge is 0.259 e. The SMILES string of the molecule is Cc1cccc(SCc2noc(-c3ccc(N)nc3)n2)c1. The number of thioether (sulfide) groups is 1. The average molecular weight is 298 g/mol. The lowest BCUT2D eigenvalue weighted by Gasteiger charge is -1.99. The number of benzene rings is 1. The third-order valence-electron chi connectivity index (χ3n) is 2.86. The van der Waals surface area contributed by atoms with Gasteiger partial charge < -0.3 is 10.3 Å². The molecule has 2 heterocycles. The van der Waals surface area contributed by atoms with Crippen LogP contribution in [0, 0.1) is 6.92 Å². The summed E-state index contributed by atoms with van der Waals surface area (Å²) in [4.78, 5) is 9.57. The van der Waals surface area contributed by atoms with Gasteiger partial charge >= 0.3 is 0 Å². The molecule has 21 heavy (non-hydrogen) atoms. The summed E-state index contributed by atoms with van der Waals surface area (Å²) in [6, 6.07) is 11.8. The van der Waals surface area contributed by atoms with Crippen molar-refractivity contribution in [3.63, 3.8) is 0 Å². The fraction of sp³-hybridized carbons (Fsp3) is 0.133. The maximum atomic E-state index is 5.55. The molecule has 0 spiro atoms. The molecule has 0 saturated carbocycles. The molecule has 0 atom stereocenters. The summed E-state index contributed by atoms with van der Waals surface area (Å²) in [7, 11) is 0. The van der Waals surface area contributed by atoms with Gasteiger partial charge in [0.05, 0.1) is 11.3 Å². The number of aromatic nitrogens is 3. The third-order valence-corrected chi connectivity index (χ3v) is 3.85. The Morgan fingerprint density at radius 2 is 2.14 bits per heavy atom. The van der Waals surface area contributed by atoms with E-state index in [0.717, 1.165) is 5.56 Å². The Balaban J connectivity index is 1.69. The number of aryl methyl sites for hydroxylation is 1.